The van der Waals surface area contributed by atoms with Crippen molar-refractivity contribution in [2.24, 2.45) is 5.92 Å². The van der Waals surface area contributed by atoms with Crippen molar-refractivity contribution in [3.05, 3.63) is 0 Å². The quantitative estimate of drug-likeness (QED) is 0.660. The molecule has 0 rings (SSSR count). The molecule has 52 valence electrons. The van der Waals surface area contributed by atoms with Gasteiger partial charge in [-0.05, 0) is 18.8 Å². The minimum atomic E-state index is -0.921. The maximum atomic E-state index is 10.1. The summed E-state index contributed by atoms with van der Waals surface area (Å²) in [6.07, 6.45) is 1.36. The van der Waals surface area contributed by atoms with Crippen molar-refractivity contribution in [3.63, 3.8) is 0 Å². The molecule has 0 saturated carbocycles. The molecule has 0 saturated heterocycles. The minimum Gasteiger partial charge on any atom is -0.550 e. The van der Waals surface area contributed by atoms with Crippen molar-refractivity contribution in [1.82, 2.24) is 0 Å². The molecule has 0 N–H and O–H groups in total. The van der Waals surface area contributed by atoms with Gasteiger partial charge in [-0.1, -0.05) is 13.8 Å². The standard InChI is InChI=1S/C6H12O2.Zr/c1-3-5(4-2)6(7)8;/h5H,3-4H2,1-2H3,(H,7,8);/p-1. The van der Waals surface area contributed by atoms with Crippen molar-refractivity contribution in [3.8, 4) is 0 Å². The van der Waals surface area contributed by atoms with Crippen LogP contribution in [0.5, 0.6) is 0 Å². The number of rotatable bonds is 3. The maximum Gasteiger partial charge on any atom is 0.0445 e. The Morgan fingerprint density at radius 3 is 1.78 bits per heavy atom. The summed E-state index contributed by atoms with van der Waals surface area (Å²) >= 11 is 0. The van der Waals surface area contributed by atoms with Crippen LogP contribution in [-0.4, -0.2) is 5.97 Å². The van der Waals surface area contributed by atoms with Crippen LogP contribution in [0.25, 0.3) is 0 Å². The van der Waals surface area contributed by atoms with Crippen LogP contribution in [-0.2, 0) is 31.0 Å². The topological polar surface area (TPSA) is 40.1 Å². The Hall–Kier alpha value is 0.353. The van der Waals surface area contributed by atoms with Gasteiger partial charge in [0.25, 0.3) is 0 Å². The third-order valence-corrected chi connectivity index (χ3v) is 1.32. The van der Waals surface area contributed by atoms with Crippen molar-refractivity contribution < 1.29 is 36.1 Å². The molecule has 0 aliphatic heterocycles. The van der Waals surface area contributed by atoms with Crippen LogP contribution >= 0.6 is 0 Å². The predicted octanol–water partition coefficient (Wildman–Crippen LogP) is 0.170. The Morgan fingerprint density at radius 2 is 1.78 bits per heavy atom. The Bertz CT molecular complexity index is 79.1. The third kappa shape index (κ3) is 4.83. The van der Waals surface area contributed by atoms with Gasteiger partial charge in [0.2, 0.25) is 0 Å². The van der Waals surface area contributed by atoms with Gasteiger partial charge in [-0.3, -0.25) is 0 Å². The van der Waals surface area contributed by atoms with Crippen LogP contribution in [0, 0.1) is 5.92 Å². The SMILES string of the molecule is CCC(CC)C(=O)[O-].[Zr]. The number of carboxylic acid groups (broad SMARTS) is 1. The molecule has 0 unspecified atom stereocenters. The molecule has 9 heavy (non-hydrogen) atoms. The van der Waals surface area contributed by atoms with Gasteiger partial charge in [-0.2, -0.15) is 0 Å². The Balaban J connectivity index is 0. The zero-order valence-electron chi connectivity index (χ0n) is 5.81. The van der Waals surface area contributed by atoms with Crippen molar-refractivity contribution >= 4 is 5.97 Å². The molecule has 0 radical (unpaired) electrons. The summed E-state index contributed by atoms with van der Waals surface area (Å²) in [6.45, 7) is 3.70. The number of carbonyl (C=O) groups is 1. The second-order valence-electron chi connectivity index (χ2n) is 1.83. The second-order valence-corrected chi connectivity index (χ2v) is 1.83. The molecule has 0 aromatic heterocycles. The molecule has 3 heteroatoms. The van der Waals surface area contributed by atoms with Crippen LogP contribution in [0.2, 0.25) is 0 Å². The molecule has 0 aliphatic rings. The average molecular weight is 206 g/mol. The molecular weight excluding hydrogens is 195 g/mol. The van der Waals surface area contributed by atoms with E-state index in [0.717, 1.165) is 0 Å². The molecule has 0 fully saturated rings. The van der Waals surface area contributed by atoms with E-state index >= 15 is 0 Å². The molecule has 2 nitrogen and oxygen atoms in total. The van der Waals surface area contributed by atoms with Crippen LogP contribution in [0.3, 0.4) is 0 Å². The summed E-state index contributed by atoms with van der Waals surface area (Å²) in [5.41, 5.74) is 0. The van der Waals surface area contributed by atoms with E-state index in [1.54, 1.807) is 0 Å². The first-order valence-corrected chi connectivity index (χ1v) is 2.93. The van der Waals surface area contributed by atoms with Crippen molar-refractivity contribution in [1.29, 1.82) is 0 Å². The molecule has 0 atom stereocenters. The zero-order valence-corrected chi connectivity index (χ0v) is 8.27. The van der Waals surface area contributed by atoms with Gasteiger partial charge in [0.15, 0.2) is 0 Å². The number of hydrogen-bond donors (Lipinski definition) is 0. The number of hydrogen-bond acceptors (Lipinski definition) is 2. The van der Waals surface area contributed by atoms with Gasteiger partial charge in [0, 0.05) is 32.2 Å². The van der Waals surface area contributed by atoms with Crippen molar-refractivity contribution in [2.45, 2.75) is 26.7 Å². The van der Waals surface area contributed by atoms with E-state index in [9.17, 15) is 9.90 Å². The van der Waals surface area contributed by atoms with E-state index in [2.05, 4.69) is 0 Å². The summed E-state index contributed by atoms with van der Waals surface area (Å²) in [6, 6.07) is 0. The largest absolute Gasteiger partial charge is 0.550 e. The fourth-order valence-corrected chi connectivity index (χ4v) is 0.622. The third-order valence-electron chi connectivity index (χ3n) is 1.32. The van der Waals surface area contributed by atoms with Crippen LogP contribution in [0.1, 0.15) is 26.7 Å². The summed E-state index contributed by atoms with van der Waals surface area (Å²) in [5.74, 6) is -1.16. The Morgan fingerprint density at radius 1 is 1.44 bits per heavy atom. The number of carboxylic acids is 1. The first kappa shape index (κ1) is 12.1. The summed E-state index contributed by atoms with van der Waals surface area (Å²) in [5, 5.41) is 10.1. The van der Waals surface area contributed by atoms with E-state index in [0.29, 0.717) is 12.8 Å². The fourth-order valence-electron chi connectivity index (χ4n) is 0.622. The van der Waals surface area contributed by atoms with E-state index in [-0.39, 0.29) is 32.1 Å². The first-order valence-electron chi connectivity index (χ1n) is 2.93. The van der Waals surface area contributed by atoms with Crippen molar-refractivity contribution in [2.75, 3.05) is 0 Å². The molecule has 0 aromatic rings. The molecule has 0 aromatic carbocycles. The Kier molecular flexibility index (Phi) is 8.68. The maximum absolute atomic E-state index is 10.1. The van der Waals surface area contributed by atoms with Crippen LogP contribution in [0.4, 0.5) is 0 Å². The molecular formula is C6H11O2Zr-. The first-order chi connectivity index (χ1) is 3.72. The van der Waals surface area contributed by atoms with E-state index in [1.165, 1.54) is 0 Å². The number of aliphatic carboxylic acids is 1. The van der Waals surface area contributed by atoms with E-state index in [4.69, 9.17) is 0 Å². The fraction of sp³-hybridized carbons (Fsp3) is 0.833. The summed E-state index contributed by atoms with van der Waals surface area (Å²) < 4.78 is 0. The molecule has 0 aliphatic carbocycles. The van der Waals surface area contributed by atoms with Gasteiger partial charge < -0.3 is 9.90 Å². The van der Waals surface area contributed by atoms with E-state index < -0.39 is 5.97 Å². The van der Waals surface area contributed by atoms with Gasteiger partial charge in [0.1, 0.15) is 0 Å². The zero-order chi connectivity index (χ0) is 6.57. The molecule has 0 spiro atoms. The summed E-state index contributed by atoms with van der Waals surface area (Å²) in [7, 11) is 0. The second kappa shape index (κ2) is 6.47. The van der Waals surface area contributed by atoms with Gasteiger partial charge in [-0.25, -0.2) is 0 Å². The van der Waals surface area contributed by atoms with Crippen LogP contribution in [0.15, 0.2) is 0 Å². The van der Waals surface area contributed by atoms with Gasteiger partial charge in [0.05, 0.1) is 0 Å². The van der Waals surface area contributed by atoms with Gasteiger partial charge in [-0.15, -0.1) is 0 Å². The molecule has 0 bridgehead atoms. The van der Waals surface area contributed by atoms with E-state index in [1.807, 2.05) is 13.8 Å². The molecule has 0 heterocycles. The number of carbonyl (C=O) groups excluding carboxylic acids is 1. The Labute approximate surface area is 74.8 Å². The molecule has 0 amide bonds. The predicted molar refractivity (Wildman–Crippen MR) is 29.1 cm³/mol. The van der Waals surface area contributed by atoms with Gasteiger partial charge >= 0.3 is 0 Å². The average Bonchev–Trinajstić information content (AvgIpc) is 1.69. The smallest absolute Gasteiger partial charge is 0.0445 e. The minimum absolute atomic E-state index is 0. The normalized spacial score (nSPS) is 8.78. The summed E-state index contributed by atoms with van der Waals surface area (Å²) in [4.78, 5) is 10.1. The van der Waals surface area contributed by atoms with Crippen LogP contribution < -0.4 is 5.11 Å². The monoisotopic (exact) mass is 205 g/mol.